The van der Waals surface area contributed by atoms with Crippen LogP contribution in [0.25, 0.3) is 0 Å². The van der Waals surface area contributed by atoms with Gasteiger partial charge in [0.25, 0.3) is 0 Å². The Labute approximate surface area is 151 Å². The maximum absolute atomic E-state index is 12.9. The van der Waals surface area contributed by atoms with E-state index in [1.807, 2.05) is 18.2 Å². The van der Waals surface area contributed by atoms with Crippen LogP contribution < -0.4 is 0 Å². The molecule has 1 aliphatic heterocycles. The quantitative estimate of drug-likeness (QED) is 0.524. The highest BCUT2D eigenvalue weighted by Crippen LogP contribution is 2.54. The number of thioether (sulfide) groups is 2. The number of rotatable bonds is 0. The van der Waals surface area contributed by atoms with E-state index in [9.17, 15) is 4.79 Å². The first-order valence-corrected chi connectivity index (χ1v) is 9.93. The van der Waals surface area contributed by atoms with Crippen LogP contribution in [0.2, 0.25) is 0 Å². The molecule has 3 heteroatoms. The van der Waals surface area contributed by atoms with Gasteiger partial charge in [-0.3, -0.25) is 4.79 Å². The van der Waals surface area contributed by atoms with E-state index in [-0.39, 0.29) is 11.2 Å². The van der Waals surface area contributed by atoms with Crippen LogP contribution in [-0.4, -0.2) is 5.78 Å². The molecule has 1 aliphatic carbocycles. The molecule has 0 bridgehead atoms. The Bertz CT molecular complexity index is 872. The second kappa shape index (κ2) is 5.82. The number of fused-ring (bicyclic) bond motifs is 2. The maximum atomic E-state index is 12.9. The van der Waals surface area contributed by atoms with Gasteiger partial charge in [-0.15, -0.1) is 0 Å². The Balaban J connectivity index is 1.70. The van der Waals surface area contributed by atoms with Crippen LogP contribution in [0.4, 0.5) is 0 Å². The largest absolute Gasteiger partial charge is 0.289 e. The number of hydrogen-bond acceptors (Lipinski definition) is 3. The predicted octanol–water partition coefficient (Wildman–Crippen LogP) is 6.22. The summed E-state index contributed by atoms with van der Waals surface area (Å²) in [5.74, 6) is 0.218. The van der Waals surface area contributed by atoms with Gasteiger partial charge in [0.05, 0.1) is 4.24 Å². The van der Waals surface area contributed by atoms with Gasteiger partial charge in [-0.05, 0) is 41.5 Å². The molecule has 122 valence electrons. The van der Waals surface area contributed by atoms with Crippen molar-refractivity contribution in [1.82, 2.24) is 0 Å². The summed E-state index contributed by atoms with van der Waals surface area (Å²) in [5.41, 5.74) is 4.57. The lowest BCUT2D eigenvalue weighted by molar-refractivity contribution is 0.102. The molecule has 0 radical (unpaired) electrons. The monoisotopic (exact) mass is 352 g/mol. The second-order valence-corrected chi connectivity index (χ2v) is 9.73. The summed E-state index contributed by atoms with van der Waals surface area (Å²) in [6, 6.07) is 14.7. The summed E-state index contributed by atoms with van der Waals surface area (Å²) in [6.07, 6.45) is 1.82. The number of carbonyl (C=O) groups excluding carboxylic acids is 1. The topological polar surface area (TPSA) is 17.1 Å². The number of ketones is 1. The smallest absolute Gasteiger partial charge is 0.190 e. The Hall–Kier alpha value is -1.45. The van der Waals surface area contributed by atoms with Crippen molar-refractivity contribution >= 4 is 29.3 Å². The van der Waals surface area contributed by atoms with Crippen LogP contribution in [0.15, 0.2) is 62.1 Å². The summed E-state index contributed by atoms with van der Waals surface area (Å²) in [5, 5.41) is 0. The van der Waals surface area contributed by atoms with Crippen LogP contribution in [0.1, 0.15) is 48.7 Å². The van der Waals surface area contributed by atoms with E-state index in [2.05, 4.69) is 45.0 Å². The van der Waals surface area contributed by atoms with Crippen molar-refractivity contribution in [2.24, 2.45) is 0 Å². The van der Waals surface area contributed by atoms with Gasteiger partial charge >= 0.3 is 0 Å². The van der Waals surface area contributed by atoms with Crippen LogP contribution in [-0.2, 0) is 11.8 Å². The summed E-state index contributed by atoms with van der Waals surface area (Å²) in [7, 11) is 0. The number of carbonyl (C=O) groups is 1. The van der Waals surface area contributed by atoms with Crippen LogP contribution in [0, 0.1) is 0 Å². The third kappa shape index (κ3) is 2.74. The fourth-order valence-corrected chi connectivity index (χ4v) is 5.81. The Morgan fingerprint density at radius 2 is 1.67 bits per heavy atom. The molecule has 4 rings (SSSR count). The molecule has 24 heavy (non-hydrogen) atoms. The number of aryl methyl sites for hydroxylation is 1. The zero-order valence-corrected chi connectivity index (χ0v) is 15.8. The molecule has 1 heterocycles. The van der Waals surface area contributed by atoms with E-state index in [1.165, 1.54) is 25.2 Å². The Kier molecular flexibility index (Phi) is 3.89. The molecule has 0 amide bonds. The van der Waals surface area contributed by atoms with Crippen molar-refractivity contribution in [2.45, 2.75) is 48.8 Å². The molecule has 0 N–H and O–H groups in total. The van der Waals surface area contributed by atoms with Gasteiger partial charge in [-0.2, -0.15) is 0 Å². The molecule has 0 fully saturated rings. The molecule has 2 aromatic carbocycles. The van der Waals surface area contributed by atoms with Crippen LogP contribution in [0.5, 0.6) is 0 Å². The van der Waals surface area contributed by atoms with Gasteiger partial charge in [-0.25, -0.2) is 0 Å². The molecule has 0 atom stereocenters. The molecule has 1 nitrogen and oxygen atoms in total. The average Bonchev–Trinajstić information content (AvgIpc) is 2.97. The van der Waals surface area contributed by atoms with Crippen molar-refractivity contribution in [3.05, 3.63) is 69.0 Å². The van der Waals surface area contributed by atoms with Gasteiger partial charge in [0.1, 0.15) is 0 Å². The van der Waals surface area contributed by atoms with Gasteiger partial charge in [0.15, 0.2) is 5.78 Å². The standard InChI is InChI=1S/C21H20OS2/c1-21(2,3)14-9-11-17-18(12-14)24-20(23-17)16-10-8-13-6-4-5-7-15(13)19(16)22/h4-7,9,11-12H,8,10H2,1-3H3/b20-16+. The summed E-state index contributed by atoms with van der Waals surface area (Å²) < 4.78 is 1.18. The maximum Gasteiger partial charge on any atom is 0.190 e. The summed E-state index contributed by atoms with van der Waals surface area (Å²) >= 11 is 3.54. The lowest BCUT2D eigenvalue weighted by Crippen LogP contribution is -2.14. The minimum atomic E-state index is 0.149. The molecular weight excluding hydrogens is 332 g/mol. The zero-order chi connectivity index (χ0) is 16.9. The van der Waals surface area contributed by atoms with Crippen molar-refractivity contribution in [3.8, 4) is 0 Å². The summed E-state index contributed by atoms with van der Waals surface area (Å²) in [4.78, 5) is 15.5. The third-order valence-electron chi connectivity index (χ3n) is 4.64. The van der Waals surface area contributed by atoms with E-state index in [1.54, 1.807) is 23.5 Å². The van der Waals surface area contributed by atoms with Crippen LogP contribution >= 0.6 is 23.5 Å². The first-order valence-electron chi connectivity index (χ1n) is 8.29. The Morgan fingerprint density at radius 1 is 0.917 bits per heavy atom. The highest BCUT2D eigenvalue weighted by atomic mass is 32.2. The highest BCUT2D eigenvalue weighted by molar-refractivity contribution is 8.24. The first-order chi connectivity index (χ1) is 11.4. The Morgan fingerprint density at radius 3 is 2.46 bits per heavy atom. The molecule has 0 aromatic heterocycles. The number of Topliss-reactive ketones (excluding diaryl/α,β-unsaturated/α-hetero) is 1. The van der Waals surface area contributed by atoms with E-state index < -0.39 is 0 Å². The highest BCUT2D eigenvalue weighted by Gasteiger charge is 2.29. The molecule has 0 spiro atoms. The number of benzene rings is 2. The zero-order valence-electron chi connectivity index (χ0n) is 14.2. The summed E-state index contributed by atoms with van der Waals surface area (Å²) in [6.45, 7) is 6.72. The number of hydrogen-bond donors (Lipinski definition) is 0. The van der Waals surface area contributed by atoms with Gasteiger partial charge in [0, 0.05) is 20.9 Å². The van der Waals surface area contributed by atoms with Crippen molar-refractivity contribution in [1.29, 1.82) is 0 Å². The fraction of sp³-hybridized carbons (Fsp3) is 0.286. The normalized spacial score (nSPS) is 20.0. The van der Waals surface area contributed by atoms with E-state index in [4.69, 9.17) is 0 Å². The SMILES string of the molecule is CC(C)(C)c1ccc2c(c1)S/C(=C1\CCc3ccccc3C1=O)S2. The van der Waals surface area contributed by atoms with Gasteiger partial charge in [-0.1, -0.05) is 74.6 Å². The molecule has 0 unspecified atom stereocenters. The minimum Gasteiger partial charge on any atom is -0.289 e. The molecule has 2 aliphatic rings. The van der Waals surface area contributed by atoms with Crippen molar-refractivity contribution in [2.75, 3.05) is 0 Å². The number of allylic oxidation sites excluding steroid dienone is 1. The predicted molar refractivity (Wildman–Crippen MR) is 103 cm³/mol. The van der Waals surface area contributed by atoms with E-state index in [0.29, 0.717) is 0 Å². The first kappa shape index (κ1) is 16.0. The van der Waals surface area contributed by atoms with E-state index >= 15 is 0 Å². The molecule has 0 saturated heterocycles. The molecule has 0 saturated carbocycles. The minimum absolute atomic E-state index is 0.149. The fourth-order valence-electron chi connectivity index (χ4n) is 3.17. The lowest BCUT2D eigenvalue weighted by Gasteiger charge is -2.19. The van der Waals surface area contributed by atoms with Gasteiger partial charge < -0.3 is 0 Å². The van der Waals surface area contributed by atoms with Gasteiger partial charge in [0.2, 0.25) is 0 Å². The van der Waals surface area contributed by atoms with E-state index in [0.717, 1.165) is 24.0 Å². The average molecular weight is 353 g/mol. The van der Waals surface area contributed by atoms with Crippen molar-refractivity contribution < 1.29 is 4.79 Å². The van der Waals surface area contributed by atoms with Crippen LogP contribution in [0.3, 0.4) is 0 Å². The lowest BCUT2D eigenvalue weighted by atomic mass is 9.87. The van der Waals surface area contributed by atoms with Crippen molar-refractivity contribution in [3.63, 3.8) is 0 Å². The third-order valence-corrected chi connectivity index (χ3v) is 7.27. The second-order valence-electron chi connectivity index (χ2n) is 7.37. The molecular formula is C21H20OS2. The molecule has 2 aromatic rings.